The zero-order valence-corrected chi connectivity index (χ0v) is 16.5. The number of anilines is 1. The first-order valence-electron chi connectivity index (χ1n) is 8.96. The van der Waals surface area contributed by atoms with Gasteiger partial charge in [0, 0.05) is 12.2 Å². The van der Waals surface area contributed by atoms with Gasteiger partial charge in [0.2, 0.25) is 0 Å². The topological polar surface area (TPSA) is 27.3 Å². The lowest BCUT2D eigenvalue weighted by Gasteiger charge is -2.30. The smallest absolute Gasteiger partial charge is 0.170 e. The first-order chi connectivity index (χ1) is 12.0. The Morgan fingerprint density at radius 1 is 1.04 bits per heavy atom. The van der Waals surface area contributed by atoms with Crippen LogP contribution in [0, 0.1) is 13.8 Å². The van der Waals surface area contributed by atoms with Crippen LogP contribution in [0.5, 0.6) is 0 Å². The fraction of sp³-hybridized carbons (Fsp3) is 0.381. The predicted molar refractivity (Wildman–Crippen MR) is 112 cm³/mol. The van der Waals surface area contributed by atoms with E-state index in [9.17, 15) is 0 Å². The molecule has 2 rings (SSSR count). The molecule has 0 saturated carbocycles. The Morgan fingerprint density at radius 2 is 1.72 bits per heavy atom. The van der Waals surface area contributed by atoms with Gasteiger partial charge in [0.15, 0.2) is 5.11 Å². The van der Waals surface area contributed by atoms with Crippen molar-refractivity contribution in [2.75, 3.05) is 25.0 Å². The van der Waals surface area contributed by atoms with Gasteiger partial charge in [-0.25, -0.2) is 0 Å². The minimum atomic E-state index is 0.301. The maximum absolute atomic E-state index is 5.52. The van der Waals surface area contributed by atoms with Gasteiger partial charge in [0.05, 0.1) is 6.04 Å². The Hall–Kier alpha value is -1.91. The highest BCUT2D eigenvalue weighted by molar-refractivity contribution is 7.80. The Bertz CT molecular complexity index is 681. The molecule has 0 aromatic heterocycles. The molecule has 0 saturated heterocycles. The molecular weight excluding hydrogens is 326 g/mol. The van der Waals surface area contributed by atoms with E-state index in [2.05, 4.69) is 91.8 Å². The van der Waals surface area contributed by atoms with E-state index in [1.165, 1.54) is 16.7 Å². The van der Waals surface area contributed by atoms with E-state index in [0.717, 1.165) is 25.3 Å². The van der Waals surface area contributed by atoms with Crippen LogP contribution >= 0.6 is 12.2 Å². The summed E-state index contributed by atoms with van der Waals surface area (Å²) in [7, 11) is 0. The number of aryl methyl sites for hydroxylation is 2. The second kappa shape index (κ2) is 9.54. The third-order valence-corrected chi connectivity index (χ3v) is 4.77. The number of hydrogen-bond acceptors (Lipinski definition) is 2. The molecule has 0 heterocycles. The average molecular weight is 356 g/mol. The van der Waals surface area contributed by atoms with Crippen LogP contribution < -0.4 is 10.6 Å². The highest BCUT2D eigenvalue weighted by Crippen LogP contribution is 2.20. The summed E-state index contributed by atoms with van der Waals surface area (Å²) in [6, 6.07) is 17.3. The van der Waals surface area contributed by atoms with Crippen molar-refractivity contribution in [1.82, 2.24) is 10.2 Å². The largest absolute Gasteiger partial charge is 0.361 e. The second-order valence-corrected chi connectivity index (χ2v) is 6.71. The highest BCUT2D eigenvalue weighted by Gasteiger charge is 2.18. The van der Waals surface area contributed by atoms with Crippen molar-refractivity contribution < 1.29 is 0 Å². The molecule has 0 radical (unpaired) electrons. The number of thiocarbonyl (C=S) groups is 1. The van der Waals surface area contributed by atoms with Crippen LogP contribution in [0.15, 0.2) is 48.5 Å². The van der Waals surface area contributed by atoms with Crippen LogP contribution in [0.4, 0.5) is 5.69 Å². The number of benzene rings is 2. The van der Waals surface area contributed by atoms with Crippen molar-refractivity contribution in [1.29, 1.82) is 0 Å². The molecular formula is C21H29N3S. The number of hydrogen-bond donors (Lipinski definition) is 2. The number of nitrogens with zero attached hydrogens (tertiary/aromatic N) is 1. The van der Waals surface area contributed by atoms with Crippen LogP contribution in [0.25, 0.3) is 0 Å². The summed E-state index contributed by atoms with van der Waals surface area (Å²) in [5.74, 6) is 0. The number of rotatable bonds is 7. The van der Waals surface area contributed by atoms with Gasteiger partial charge < -0.3 is 10.6 Å². The predicted octanol–water partition coefficient (Wildman–Crippen LogP) is 4.67. The molecule has 4 heteroatoms. The lowest BCUT2D eigenvalue weighted by molar-refractivity contribution is 0.219. The van der Waals surface area contributed by atoms with E-state index in [4.69, 9.17) is 12.2 Å². The van der Waals surface area contributed by atoms with Crippen molar-refractivity contribution >= 4 is 23.0 Å². The number of nitrogens with one attached hydrogen (secondary N) is 2. The summed E-state index contributed by atoms with van der Waals surface area (Å²) in [4.78, 5) is 2.45. The van der Waals surface area contributed by atoms with E-state index in [1.807, 2.05) is 0 Å². The van der Waals surface area contributed by atoms with Crippen LogP contribution in [0.3, 0.4) is 0 Å². The lowest BCUT2D eigenvalue weighted by atomic mass is 10.1. The molecule has 2 N–H and O–H groups in total. The molecule has 25 heavy (non-hydrogen) atoms. The average Bonchev–Trinajstić information content (AvgIpc) is 2.62. The standard InChI is InChI=1S/C21H29N3S/c1-5-24(6-2)20(18-10-8-7-9-11-18)15-22-21(25)23-19-13-12-16(3)14-17(19)4/h7-14,20H,5-6,15H2,1-4H3,(H2,22,23,25). The first kappa shape index (κ1) is 19.4. The third kappa shape index (κ3) is 5.55. The number of likely N-dealkylation sites (N-methyl/N-ethyl adjacent to an activating group) is 1. The summed E-state index contributed by atoms with van der Waals surface area (Å²) in [6.45, 7) is 11.4. The molecule has 0 aliphatic rings. The normalized spacial score (nSPS) is 12.0. The Balaban J connectivity index is 2.03. The molecule has 0 aliphatic heterocycles. The summed E-state index contributed by atoms with van der Waals surface area (Å²) >= 11 is 5.52. The van der Waals surface area contributed by atoms with Gasteiger partial charge in [-0.2, -0.15) is 0 Å². The molecule has 0 aliphatic carbocycles. The summed E-state index contributed by atoms with van der Waals surface area (Å²) in [5, 5.41) is 7.39. The highest BCUT2D eigenvalue weighted by atomic mass is 32.1. The SMILES string of the molecule is CCN(CC)C(CNC(=S)Nc1ccc(C)cc1C)c1ccccc1. The summed E-state index contributed by atoms with van der Waals surface area (Å²) in [5.41, 5.74) is 4.83. The monoisotopic (exact) mass is 355 g/mol. The van der Waals surface area contributed by atoms with Gasteiger partial charge in [-0.05, 0) is 56.3 Å². The quantitative estimate of drug-likeness (QED) is 0.706. The van der Waals surface area contributed by atoms with E-state index in [1.54, 1.807) is 0 Å². The van der Waals surface area contributed by atoms with Crippen LogP contribution in [0.1, 0.15) is 36.6 Å². The van der Waals surface area contributed by atoms with Crippen molar-refractivity contribution in [3.8, 4) is 0 Å². The molecule has 2 aromatic carbocycles. The lowest BCUT2D eigenvalue weighted by Crippen LogP contribution is -2.39. The van der Waals surface area contributed by atoms with Gasteiger partial charge in [0.1, 0.15) is 0 Å². The fourth-order valence-electron chi connectivity index (χ4n) is 3.11. The van der Waals surface area contributed by atoms with Crippen LogP contribution in [-0.2, 0) is 0 Å². The molecule has 0 bridgehead atoms. The maximum Gasteiger partial charge on any atom is 0.170 e. The van der Waals surface area contributed by atoms with Crippen molar-refractivity contribution in [3.05, 3.63) is 65.2 Å². The Kier molecular flexibility index (Phi) is 7.41. The van der Waals surface area contributed by atoms with Gasteiger partial charge in [0.25, 0.3) is 0 Å². The van der Waals surface area contributed by atoms with Crippen LogP contribution in [0.2, 0.25) is 0 Å². The summed E-state index contributed by atoms with van der Waals surface area (Å²) in [6.07, 6.45) is 0. The van der Waals surface area contributed by atoms with Crippen molar-refractivity contribution in [2.24, 2.45) is 0 Å². The fourth-order valence-corrected chi connectivity index (χ4v) is 3.30. The third-order valence-electron chi connectivity index (χ3n) is 4.52. The molecule has 0 spiro atoms. The zero-order chi connectivity index (χ0) is 18.2. The van der Waals surface area contributed by atoms with Crippen molar-refractivity contribution in [2.45, 2.75) is 33.7 Å². The van der Waals surface area contributed by atoms with E-state index >= 15 is 0 Å². The van der Waals surface area contributed by atoms with E-state index in [0.29, 0.717) is 11.2 Å². The molecule has 0 amide bonds. The van der Waals surface area contributed by atoms with E-state index in [-0.39, 0.29) is 0 Å². The van der Waals surface area contributed by atoms with Gasteiger partial charge in [-0.15, -0.1) is 0 Å². The van der Waals surface area contributed by atoms with Crippen LogP contribution in [-0.4, -0.2) is 29.6 Å². The molecule has 1 unspecified atom stereocenters. The summed E-state index contributed by atoms with van der Waals surface area (Å²) < 4.78 is 0. The Morgan fingerprint density at radius 3 is 2.32 bits per heavy atom. The Labute approximate surface area is 157 Å². The molecule has 2 aromatic rings. The maximum atomic E-state index is 5.52. The van der Waals surface area contributed by atoms with Gasteiger partial charge in [-0.1, -0.05) is 61.9 Å². The minimum absolute atomic E-state index is 0.301. The molecule has 0 fully saturated rings. The first-order valence-corrected chi connectivity index (χ1v) is 9.37. The zero-order valence-electron chi connectivity index (χ0n) is 15.7. The molecule has 134 valence electrons. The van der Waals surface area contributed by atoms with Gasteiger partial charge >= 0.3 is 0 Å². The minimum Gasteiger partial charge on any atom is -0.361 e. The van der Waals surface area contributed by atoms with Gasteiger partial charge in [-0.3, -0.25) is 4.90 Å². The molecule has 1 atom stereocenters. The van der Waals surface area contributed by atoms with E-state index < -0.39 is 0 Å². The van der Waals surface area contributed by atoms with Crippen molar-refractivity contribution in [3.63, 3.8) is 0 Å². The second-order valence-electron chi connectivity index (χ2n) is 6.30. The molecule has 3 nitrogen and oxygen atoms in total.